The van der Waals surface area contributed by atoms with E-state index in [1.165, 1.54) is 0 Å². The van der Waals surface area contributed by atoms with E-state index in [2.05, 4.69) is 30.7 Å². The zero-order valence-electron chi connectivity index (χ0n) is 9.31. The van der Waals surface area contributed by atoms with Crippen LogP contribution < -0.4 is 0 Å². The van der Waals surface area contributed by atoms with E-state index in [-0.39, 0.29) is 0 Å². The molecule has 0 aliphatic rings. The summed E-state index contributed by atoms with van der Waals surface area (Å²) in [5.41, 5.74) is 1.40. The fraction of sp³-hybridized carbons (Fsp3) is 0.545. The molecule has 0 unspecified atom stereocenters. The number of allylic oxidation sites excluding steroid dienone is 1. The van der Waals surface area contributed by atoms with Crippen molar-refractivity contribution in [3.8, 4) is 0 Å². The number of carbonyl (C=O) groups is 1. The summed E-state index contributed by atoms with van der Waals surface area (Å²) in [4.78, 5) is 10.8. The summed E-state index contributed by atoms with van der Waals surface area (Å²) in [6, 6.07) is 0. The van der Waals surface area contributed by atoms with E-state index in [1.54, 1.807) is 10.8 Å². The van der Waals surface area contributed by atoms with Crippen molar-refractivity contribution in [2.75, 3.05) is 0 Å². The average molecular weight is 207 g/mol. The van der Waals surface area contributed by atoms with Crippen LogP contribution in [0, 0.1) is 0 Å². The van der Waals surface area contributed by atoms with Crippen LogP contribution in [0.1, 0.15) is 48.8 Å². The van der Waals surface area contributed by atoms with Crippen LogP contribution >= 0.6 is 0 Å². The van der Waals surface area contributed by atoms with Gasteiger partial charge in [0.15, 0.2) is 6.29 Å². The zero-order valence-corrected chi connectivity index (χ0v) is 9.31. The highest BCUT2D eigenvalue weighted by molar-refractivity contribution is 5.73. The maximum Gasteiger partial charge on any atom is 0.172 e. The van der Waals surface area contributed by atoms with Crippen LogP contribution in [0.15, 0.2) is 12.7 Å². The zero-order chi connectivity index (χ0) is 11.3. The number of aldehydes is 1. The molecule has 4 heteroatoms. The summed E-state index contributed by atoms with van der Waals surface area (Å²) in [6.07, 6.45) is 4.51. The molecule has 0 radical (unpaired) electrons. The maximum atomic E-state index is 10.8. The number of nitrogens with zero attached hydrogens (tertiary/aromatic N) is 3. The van der Waals surface area contributed by atoms with Gasteiger partial charge in [-0.1, -0.05) is 25.1 Å². The van der Waals surface area contributed by atoms with Crippen LogP contribution in [0.5, 0.6) is 0 Å². The van der Waals surface area contributed by atoms with Gasteiger partial charge in [0.05, 0.1) is 12.2 Å². The molecular formula is C11H17N3O. The number of rotatable bonds is 6. The van der Waals surface area contributed by atoms with Crippen LogP contribution in [-0.2, 0) is 6.54 Å². The molecule has 0 aliphatic heterocycles. The van der Waals surface area contributed by atoms with Crippen molar-refractivity contribution in [3.05, 3.63) is 24.0 Å². The Kier molecular flexibility index (Phi) is 4.21. The van der Waals surface area contributed by atoms with Crippen molar-refractivity contribution in [2.45, 2.75) is 39.2 Å². The van der Waals surface area contributed by atoms with Crippen molar-refractivity contribution in [1.82, 2.24) is 15.0 Å². The topological polar surface area (TPSA) is 47.8 Å². The predicted molar refractivity (Wildman–Crippen MR) is 58.9 cm³/mol. The number of carbonyl (C=O) groups excluding carboxylic acids is 1. The van der Waals surface area contributed by atoms with Gasteiger partial charge < -0.3 is 0 Å². The molecule has 0 saturated heterocycles. The monoisotopic (exact) mass is 207 g/mol. The van der Waals surface area contributed by atoms with Gasteiger partial charge in [-0.2, -0.15) is 0 Å². The molecule has 0 amide bonds. The minimum Gasteiger partial charge on any atom is -0.296 e. The van der Waals surface area contributed by atoms with Crippen LogP contribution in [0.4, 0.5) is 0 Å². The highest BCUT2D eigenvalue weighted by atomic mass is 16.1. The largest absolute Gasteiger partial charge is 0.296 e. The highest BCUT2D eigenvalue weighted by Crippen LogP contribution is 2.24. The van der Waals surface area contributed by atoms with Gasteiger partial charge in [-0.05, 0) is 12.8 Å². The first kappa shape index (κ1) is 11.6. The molecule has 1 aromatic rings. The Morgan fingerprint density at radius 2 is 2.13 bits per heavy atom. The molecule has 0 saturated carbocycles. The van der Waals surface area contributed by atoms with Crippen molar-refractivity contribution >= 4 is 6.29 Å². The van der Waals surface area contributed by atoms with E-state index >= 15 is 0 Å². The van der Waals surface area contributed by atoms with Crippen LogP contribution in [-0.4, -0.2) is 21.3 Å². The SMILES string of the molecule is C=CCn1nnc(C=O)c1C(CC)CC. The van der Waals surface area contributed by atoms with E-state index < -0.39 is 0 Å². The summed E-state index contributed by atoms with van der Waals surface area (Å²) in [5.74, 6) is 0.347. The normalized spacial score (nSPS) is 10.6. The van der Waals surface area contributed by atoms with E-state index in [0.717, 1.165) is 24.8 Å². The molecule has 1 heterocycles. The first-order valence-corrected chi connectivity index (χ1v) is 5.27. The van der Waals surface area contributed by atoms with Crippen molar-refractivity contribution in [1.29, 1.82) is 0 Å². The second-order valence-corrected chi connectivity index (χ2v) is 3.46. The lowest BCUT2D eigenvalue weighted by atomic mass is 9.98. The second-order valence-electron chi connectivity index (χ2n) is 3.46. The molecule has 0 fully saturated rings. The first-order chi connectivity index (χ1) is 7.28. The highest BCUT2D eigenvalue weighted by Gasteiger charge is 2.18. The van der Waals surface area contributed by atoms with Gasteiger partial charge >= 0.3 is 0 Å². The van der Waals surface area contributed by atoms with Crippen LogP contribution in [0.2, 0.25) is 0 Å². The Labute approximate surface area is 90.0 Å². The third-order valence-corrected chi connectivity index (χ3v) is 2.59. The second kappa shape index (κ2) is 5.44. The minimum absolute atomic E-state index is 0.347. The molecule has 15 heavy (non-hydrogen) atoms. The van der Waals surface area contributed by atoms with E-state index in [9.17, 15) is 4.79 Å². The van der Waals surface area contributed by atoms with Gasteiger partial charge in [0.1, 0.15) is 5.69 Å². The Balaban J connectivity index is 3.13. The Morgan fingerprint density at radius 3 is 2.60 bits per heavy atom. The van der Waals surface area contributed by atoms with Crippen molar-refractivity contribution < 1.29 is 4.79 Å². The van der Waals surface area contributed by atoms with Gasteiger partial charge in [-0.25, -0.2) is 4.68 Å². The van der Waals surface area contributed by atoms with Crippen LogP contribution in [0.25, 0.3) is 0 Å². The number of hydrogen-bond donors (Lipinski definition) is 0. The number of hydrogen-bond acceptors (Lipinski definition) is 3. The van der Waals surface area contributed by atoms with Gasteiger partial charge in [0, 0.05) is 5.92 Å². The fourth-order valence-electron chi connectivity index (χ4n) is 1.77. The van der Waals surface area contributed by atoms with Gasteiger partial charge in [0.2, 0.25) is 0 Å². The molecule has 1 rings (SSSR count). The van der Waals surface area contributed by atoms with Gasteiger partial charge in [0.25, 0.3) is 0 Å². The fourth-order valence-corrected chi connectivity index (χ4v) is 1.77. The molecule has 0 atom stereocenters. The summed E-state index contributed by atoms with van der Waals surface area (Å²) < 4.78 is 1.76. The smallest absolute Gasteiger partial charge is 0.172 e. The minimum atomic E-state index is 0.347. The molecule has 0 bridgehead atoms. The van der Waals surface area contributed by atoms with Crippen molar-refractivity contribution in [2.24, 2.45) is 0 Å². The van der Waals surface area contributed by atoms with Gasteiger partial charge in [-0.15, -0.1) is 11.7 Å². The third-order valence-electron chi connectivity index (χ3n) is 2.59. The lowest BCUT2D eigenvalue weighted by molar-refractivity contribution is 0.111. The van der Waals surface area contributed by atoms with Crippen molar-refractivity contribution in [3.63, 3.8) is 0 Å². The molecule has 0 aromatic carbocycles. The summed E-state index contributed by atoms with van der Waals surface area (Å²) >= 11 is 0. The Hall–Kier alpha value is -1.45. The molecule has 0 spiro atoms. The standard InChI is InChI=1S/C11H17N3O/c1-4-7-14-11(9(5-2)6-3)10(8-15)12-13-14/h4,8-9H,1,5-7H2,2-3H3. The summed E-state index contributed by atoms with van der Waals surface area (Å²) in [7, 11) is 0. The Bertz CT molecular complexity index is 340. The lowest BCUT2D eigenvalue weighted by Gasteiger charge is -2.13. The number of aromatic nitrogens is 3. The molecular weight excluding hydrogens is 190 g/mol. The summed E-state index contributed by atoms with van der Waals surface area (Å²) in [5, 5.41) is 7.82. The maximum absolute atomic E-state index is 10.8. The quantitative estimate of drug-likeness (QED) is 0.530. The molecule has 0 N–H and O–H groups in total. The van der Waals surface area contributed by atoms with E-state index in [1.807, 2.05) is 0 Å². The Morgan fingerprint density at radius 1 is 1.47 bits per heavy atom. The molecule has 82 valence electrons. The molecule has 4 nitrogen and oxygen atoms in total. The molecule has 0 aliphatic carbocycles. The third kappa shape index (κ3) is 2.32. The lowest BCUT2D eigenvalue weighted by Crippen LogP contribution is -2.09. The average Bonchev–Trinajstić information content (AvgIpc) is 2.64. The van der Waals surface area contributed by atoms with E-state index in [0.29, 0.717) is 18.2 Å². The first-order valence-electron chi connectivity index (χ1n) is 5.27. The summed E-state index contributed by atoms with van der Waals surface area (Å²) in [6.45, 7) is 8.48. The predicted octanol–water partition coefficient (Wildman–Crippen LogP) is 2.18. The van der Waals surface area contributed by atoms with Gasteiger partial charge in [-0.3, -0.25) is 4.79 Å². The van der Waals surface area contributed by atoms with E-state index in [4.69, 9.17) is 0 Å². The molecule has 1 aromatic heterocycles. The van der Waals surface area contributed by atoms with Crippen LogP contribution in [0.3, 0.4) is 0 Å².